The number of hydrogen-bond donors (Lipinski definition) is 2. The van der Waals surface area contributed by atoms with Gasteiger partial charge in [-0.15, -0.1) is 0 Å². The largest absolute Gasteiger partial charge is 0.396 e. The van der Waals surface area contributed by atoms with E-state index in [0.29, 0.717) is 23.7 Å². The molecule has 0 aliphatic carbocycles. The standard InChI is InChI=1S/C17H19ClN2O2/c1-12(8-9-21)11-19-17(22)7-6-15-5-3-13-2-4-14(18)10-16(13)20-15/h2-7,10,12,21H,8-9,11H2,1H3,(H,19,22)/b7-6+. The molecule has 116 valence electrons. The van der Waals surface area contributed by atoms with Gasteiger partial charge in [-0.05, 0) is 36.6 Å². The molecule has 1 aromatic carbocycles. The lowest BCUT2D eigenvalue weighted by Gasteiger charge is -2.09. The highest BCUT2D eigenvalue weighted by Gasteiger charge is 2.03. The number of carbonyl (C=O) groups is 1. The maximum absolute atomic E-state index is 11.7. The van der Waals surface area contributed by atoms with Crippen LogP contribution in [0.3, 0.4) is 0 Å². The van der Waals surface area contributed by atoms with Crippen LogP contribution in [0.1, 0.15) is 19.0 Å². The van der Waals surface area contributed by atoms with Crippen molar-refractivity contribution in [1.82, 2.24) is 10.3 Å². The Hall–Kier alpha value is -1.91. The SMILES string of the molecule is CC(CCO)CNC(=O)/C=C/c1ccc2ccc(Cl)cc2n1. The molecule has 1 heterocycles. The van der Waals surface area contributed by atoms with Crippen LogP contribution in [0.15, 0.2) is 36.4 Å². The van der Waals surface area contributed by atoms with Gasteiger partial charge in [0.2, 0.25) is 5.91 Å². The lowest BCUT2D eigenvalue weighted by Crippen LogP contribution is -2.26. The molecule has 0 aliphatic rings. The third-order valence-electron chi connectivity index (χ3n) is 3.33. The summed E-state index contributed by atoms with van der Waals surface area (Å²) in [6, 6.07) is 9.33. The molecule has 0 aliphatic heterocycles. The molecule has 0 saturated heterocycles. The van der Waals surface area contributed by atoms with Gasteiger partial charge >= 0.3 is 0 Å². The van der Waals surface area contributed by atoms with Crippen LogP contribution in [0.5, 0.6) is 0 Å². The van der Waals surface area contributed by atoms with E-state index in [1.807, 2.05) is 31.2 Å². The highest BCUT2D eigenvalue weighted by atomic mass is 35.5. The van der Waals surface area contributed by atoms with Crippen LogP contribution in [0.2, 0.25) is 5.02 Å². The van der Waals surface area contributed by atoms with Gasteiger partial charge in [0.1, 0.15) is 0 Å². The molecule has 2 rings (SSSR count). The number of rotatable bonds is 6. The molecule has 0 radical (unpaired) electrons. The summed E-state index contributed by atoms with van der Waals surface area (Å²) >= 11 is 5.96. The predicted molar refractivity (Wildman–Crippen MR) is 89.7 cm³/mol. The second kappa shape index (κ2) is 7.92. The van der Waals surface area contributed by atoms with Gasteiger partial charge in [-0.3, -0.25) is 4.79 Å². The quantitative estimate of drug-likeness (QED) is 0.805. The number of hydrogen-bond acceptors (Lipinski definition) is 3. The Morgan fingerprint density at radius 3 is 2.95 bits per heavy atom. The molecule has 1 unspecified atom stereocenters. The zero-order valence-corrected chi connectivity index (χ0v) is 13.2. The number of fused-ring (bicyclic) bond motifs is 1. The molecule has 0 saturated carbocycles. The van der Waals surface area contributed by atoms with Gasteiger partial charge in [-0.2, -0.15) is 0 Å². The van der Waals surface area contributed by atoms with Gasteiger partial charge in [0, 0.05) is 29.6 Å². The number of aliphatic hydroxyl groups excluding tert-OH is 1. The van der Waals surface area contributed by atoms with Crippen molar-refractivity contribution in [2.75, 3.05) is 13.2 Å². The van der Waals surface area contributed by atoms with Gasteiger partial charge in [0.05, 0.1) is 11.2 Å². The molecule has 1 aromatic heterocycles. The monoisotopic (exact) mass is 318 g/mol. The molecule has 0 spiro atoms. The number of aromatic nitrogens is 1. The number of nitrogens with one attached hydrogen (secondary N) is 1. The maximum atomic E-state index is 11.7. The summed E-state index contributed by atoms with van der Waals surface area (Å²) in [4.78, 5) is 16.2. The first-order valence-electron chi connectivity index (χ1n) is 7.21. The highest BCUT2D eigenvalue weighted by molar-refractivity contribution is 6.31. The Bertz CT molecular complexity index is 685. The summed E-state index contributed by atoms with van der Waals surface area (Å²) in [5.41, 5.74) is 1.50. The Labute approximate surface area is 134 Å². The summed E-state index contributed by atoms with van der Waals surface area (Å²) in [6.07, 6.45) is 3.81. The van der Waals surface area contributed by atoms with Crippen LogP contribution in [-0.4, -0.2) is 29.1 Å². The number of nitrogens with zero attached hydrogens (tertiary/aromatic N) is 1. The zero-order valence-electron chi connectivity index (χ0n) is 12.4. The van der Waals surface area contributed by atoms with Crippen molar-refractivity contribution in [3.8, 4) is 0 Å². The van der Waals surface area contributed by atoms with E-state index >= 15 is 0 Å². The number of carbonyl (C=O) groups excluding carboxylic acids is 1. The van der Waals surface area contributed by atoms with Crippen molar-refractivity contribution in [3.63, 3.8) is 0 Å². The van der Waals surface area contributed by atoms with Crippen molar-refractivity contribution in [2.24, 2.45) is 5.92 Å². The van der Waals surface area contributed by atoms with E-state index in [1.165, 1.54) is 6.08 Å². The Kier molecular flexibility index (Phi) is 5.92. The minimum absolute atomic E-state index is 0.135. The molecule has 0 bridgehead atoms. The van der Waals surface area contributed by atoms with Gasteiger partial charge in [-0.25, -0.2) is 4.98 Å². The van der Waals surface area contributed by atoms with Crippen molar-refractivity contribution < 1.29 is 9.90 Å². The Morgan fingerprint density at radius 2 is 2.18 bits per heavy atom. The van der Waals surface area contributed by atoms with E-state index in [0.717, 1.165) is 10.9 Å². The normalized spacial score (nSPS) is 12.7. The van der Waals surface area contributed by atoms with E-state index in [9.17, 15) is 4.79 Å². The average molecular weight is 319 g/mol. The van der Waals surface area contributed by atoms with Crippen molar-refractivity contribution in [2.45, 2.75) is 13.3 Å². The van der Waals surface area contributed by atoms with E-state index in [-0.39, 0.29) is 18.4 Å². The number of pyridine rings is 1. The Morgan fingerprint density at radius 1 is 1.41 bits per heavy atom. The second-order valence-corrected chi connectivity index (χ2v) is 5.71. The summed E-state index contributed by atoms with van der Waals surface area (Å²) in [7, 11) is 0. The average Bonchev–Trinajstić information content (AvgIpc) is 2.50. The summed E-state index contributed by atoms with van der Waals surface area (Å²) < 4.78 is 0. The number of benzene rings is 1. The number of amides is 1. The molecule has 2 N–H and O–H groups in total. The van der Waals surface area contributed by atoms with Crippen LogP contribution < -0.4 is 5.32 Å². The predicted octanol–water partition coefficient (Wildman–Crippen LogP) is 3.04. The van der Waals surface area contributed by atoms with Crippen LogP contribution in [0, 0.1) is 5.92 Å². The first-order valence-corrected chi connectivity index (χ1v) is 7.59. The summed E-state index contributed by atoms with van der Waals surface area (Å²) in [5.74, 6) is 0.0843. The highest BCUT2D eigenvalue weighted by Crippen LogP contribution is 2.18. The molecular weight excluding hydrogens is 300 g/mol. The van der Waals surface area contributed by atoms with E-state index in [2.05, 4.69) is 10.3 Å². The third-order valence-corrected chi connectivity index (χ3v) is 3.56. The van der Waals surface area contributed by atoms with Gasteiger partial charge in [-0.1, -0.05) is 30.7 Å². The van der Waals surface area contributed by atoms with E-state index in [4.69, 9.17) is 16.7 Å². The molecular formula is C17H19ClN2O2. The van der Waals surface area contributed by atoms with Crippen molar-refractivity contribution in [3.05, 3.63) is 47.1 Å². The minimum Gasteiger partial charge on any atom is -0.396 e. The topological polar surface area (TPSA) is 62.2 Å². The fourth-order valence-corrected chi connectivity index (χ4v) is 2.18. The molecule has 1 atom stereocenters. The lowest BCUT2D eigenvalue weighted by molar-refractivity contribution is -0.116. The molecule has 22 heavy (non-hydrogen) atoms. The second-order valence-electron chi connectivity index (χ2n) is 5.27. The summed E-state index contributed by atoms with van der Waals surface area (Å²) in [6.45, 7) is 2.66. The van der Waals surface area contributed by atoms with Crippen LogP contribution >= 0.6 is 11.6 Å². The van der Waals surface area contributed by atoms with Gasteiger partial charge in [0.25, 0.3) is 0 Å². The molecule has 5 heteroatoms. The Balaban J connectivity index is 1.99. The lowest BCUT2D eigenvalue weighted by atomic mass is 10.1. The fourth-order valence-electron chi connectivity index (χ4n) is 2.02. The van der Waals surface area contributed by atoms with Crippen LogP contribution in [-0.2, 0) is 4.79 Å². The third kappa shape index (κ3) is 4.83. The first kappa shape index (κ1) is 16.5. The smallest absolute Gasteiger partial charge is 0.244 e. The van der Waals surface area contributed by atoms with Crippen LogP contribution in [0.25, 0.3) is 17.0 Å². The molecule has 4 nitrogen and oxygen atoms in total. The zero-order chi connectivity index (χ0) is 15.9. The van der Waals surface area contributed by atoms with Gasteiger partial charge in [0.15, 0.2) is 0 Å². The number of halogens is 1. The van der Waals surface area contributed by atoms with Gasteiger partial charge < -0.3 is 10.4 Å². The molecule has 0 fully saturated rings. The fraction of sp³-hybridized carbons (Fsp3) is 0.294. The van der Waals surface area contributed by atoms with Crippen molar-refractivity contribution in [1.29, 1.82) is 0 Å². The first-order chi connectivity index (χ1) is 10.6. The molecule has 1 amide bonds. The number of aliphatic hydroxyl groups is 1. The summed E-state index contributed by atoms with van der Waals surface area (Å²) in [5, 5.41) is 13.3. The van der Waals surface area contributed by atoms with E-state index in [1.54, 1.807) is 12.1 Å². The van der Waals surface area contributed by atoms with Crippen molar-refractivity contribution >= 4 is 34.5 Å². The molecule has 2 aromatic rings. The maximum Gasteiger partial charge on any atom is 0.244 e. The minimum atomic E-state index is -0.169. The van der Waals surface area contributed by atoms with Crippen LogP contribution in [0.4, 0.5) is 0 Å². The van der Waals surface area contributed by atoms with E-state index < -0.39 is 0 Å².